The SMILES string of the molecule is CNC(C)C1CCc2cccc(C)c2C1. The van der Waals surface area contributed by atoms with Crippen molar-refractivity contribution in [1.82, 2.24) is 5.32 Å². The van der Waals surface area contributed by atoms with Crippen LogP contribution < -0.4 is 5.32 Å². The summed E-state index contributed by atoms with van der Waals surface area (Å²) in [7, 11) is 2.07. The quantitative estimate of drug-likeness (QED) is 0.779. The molecule has 0 spiro atoms. The molecule has 82 valence electrons. The van der Waals surface area contributed by atoms with Crippen LogP contribution in [-0.2, 0) is 12.8 Å². The minimum atomic E-state index is 0.637. The number of benzene rings is 1. The maximum atomic E-state index is 3.38. The molecule has 1 aliphatic rings. The average Bonchev–Trinajstić information content (AvgIpc) is 2.28. The first-order chi connectivity index (χ1) is 7.22. The molecule has 0 bridgehead atoms. The van der Waals surface area contributed by atoms with Gasteiger partial charge in [0.05, 0.1) is 0 Å². The second-order valence-corrected chi connectivity index (χ2v) is 4.79. The maximum Gasteiger partial charge on any atom is 0.00672 e. The van der Waals surface area contributed by atoms with Gasteiger partial charge in [0.25, 0.3) is 0 Å². The van der Waals surface area contributed by atoms with Crippen molar-refractivity contribution in [3.05, 3.63) is 34.9 Å². The van der Waals surface area contributed by atoms with E-state index in [1.165, 1.54) is 24.8 Å². The third kappa shape index (κ3) is 2.07. The largest absolute Gasteiger partial charge is 0.317 e. The monoisotopic (exact) mass is 203 g/mol. The molecule has 1 N–H and O–H groups in total. The van der Waals surface area contributed by atoms with E-state index in [-0.39, 0.29) is 0 Å². The first-order valence-electron chi connectivity index (χ1n) is 5.97. The van der Waals surface area contributed by atoms with Gasteiger partial charge in [-0.1, -0.05) is 18.2 Å². The zero-order valence-electron chi connectivity index (χ0n) is 10.0. The van der Waals surface area contributed by atoms with Crippen molar-refractivity contribution in [2.24, 2.45) is 5.92 Å². The summed E-state index contributed by atoms with van der Waals surface area (Å²) in [4.78, 5) is 0. The van der Waals surface area contributed by atoms with E-state index in [1.54, 1.807) is 11.1 Å². The molecule has 1 heteroatoms. The fourth-order valence-corrected chi connectivity index (χ4v) is 2.66. The highest BCUT2D eigenvalue weighted by atomic mass is 14.9. The minimum absolute atomic E-state index is 0.637. The summed E-state index contributed by atoms with van der Waals surface area (Å²) >= 11 is 0. The molecule has 0 fully saturated rings. The first kappa shape index (κ1) is 10.7. The summed E-state index contributed by atoms with van der Waals surface area (Å²) in [5.41, 5.74) is 4.66. The van der Waals surface area contributed by atoms with Crippen LogP contribution in [0.3, 0.4) is 0 Å². The molecule has 2 rings (SSSR count). The fraction of sp³-hybridized carbons (Fsp3) is 0.571. The van der Waals surface area contributed by atoms with E-state index >= 15 is 0 Å². The third-order valence-corrected chi connectivity index (χ3v) is 3.92. The summed E-state index contributed by atoms with van der Waals surface area (Å²) in [6, 6.07) is 7.36. The van der Waals surface area contributed by atoms with E-state index in [0.29, 0.717) is 6.04 Å². The second kappa shape index (κ2) is 4.36. The molecule has 1 nitrogen and oxygen atoms in total. The van der Waals surface area contributed by atoms with Gasteiger partial charge < -0.3 is 5.32 Å². The summed E-state index contributed by atoms with van der Waals surface area (Å²) < 4.78 is 0. The molecule has 0 radical (unpaired) electrons. The Kier molecular flexibility index (Phi) is 3.11. The maximum absolute atomic E-state index is 3.38. The summed E-state index contributed by atoms with van der Waals surface area (Å²) in [5, 5.41) is 3.38. The molecule has 2 atom stereocenters. The summed E-state index contributed by atoms with van der Waals surface area (Å²) in [6.45, 7) is 4.54. The molecule has 0 heterocycles. The molecule has 0 amide bonds. The Bertz CT molecular complexity index is 343. The molecule has 1 aliphatic carbocycles. The Morgan fingerprint density at radius 2 is 2.20 bits per heavy atom. The molecule has 15 heavy (non-hydrogen) atoms. The highest BCUT2D eigenvalue weighted by Gasteiger charge is 2.23. The molecule has 2 unspecified atom stereocenters. The lowest BCUT2D eigenvalue weighted by atomic mass is 9.79. The van der Waals surface area contributed by atoms with Crippen LogP contribution in [0.5, 0.6) is 0 Å². The van der Waals surface area contributed by atoms with Crippen LogP contribution in [0.2, 0.25) is 0 Å². The molecule has 0 aromatic heterocycles. The first-order valence-corrected chi connectivity index (χ1v) is 5.97. The van der Waals surface area contributed by atoms with E-state index in [2.05, 4.69) is 44.4 Å². The van der Waals surface area contributed by atoms with Crippen molar-refractivity contribution < 1.29 is 0 Å². The smallest absolute Gasteiger partial charge is 0.00672 e. The number of hydrogen-bond donors (Lipinski definition) is 1. The molecule has 1 aromatic carbocycles. The zero-order chi connectivity index (χ0) is 10.8. The van der Waals surface area contributed by atoms with E-state index in [0.717, 1.165) is 5.92 Å². The fourth-order valence-electron chi connectivity index (χ4n) is 2.66. The van der Waals surface area contributed by atoms with Gasteiger partial charge in [0.2, 0.25) is 0 Å². The van der Waals surface area contributed by atoms with Crippen molar-refractivity contribution in [2.45, 2.75) is 39.2 Å². The van der Waals surface area contributed by atoms with Gasteiger partial charge in [-0.2, -0.15) is 0 Å². The van der Waals surface area contributed by atoms with Crippen LogP contribution in [0.15, 0.2) is 18.2 Å². The number of hydrogen-bond acceptors (Lipinski definition) is 1. The van der Waals surface area contributed by atoms with Crippen LogP contribution in [0.1, 0.15) is 30.0 Å². The summed E-state index contributed by atoms with van der Waals surface area (Å²) in [5.74, 6) is 0.809. The lowest BCUT2D eigenvalue weighted by Gasteiger charge is -2.30. The van der Waals surface area contributed by atoms with E-state index in [9.17, 15) is 0 Å². The highest BCUT2D eigenvalue weighted by Crippen LogP contribution is 2.29. The lowest BCUT2D eigenvalue weighted by Crippen LogP contribution is -2.34. The molecule has 1 aromatic rings. The van der Waals surface area contributed by atoms with Gasteiger partial charge in [-0.25, -0.2) is 0 Å². The van der Waals surface area contributed by atoms with Crippen LogP contribution >= 0.6 is 0 Å². The Morgan fingerprint density at radius 3 is 2.93 bits per heavy atom. The average molecular weight is 203 g/mol. The van der Waals surface area contributed by atoms with Gasteiger partial charge in [0, 0.05) is 6.04 Å². The Balaban J connectivity index is 2.22. The van der Waals surface area contributed by atoms with E-state index in [4.69, 9.17) is 0 Å². The van der Waals surface area contributed by atoms with Crippen molar-refractivity contribution in [3.8, 4) is 0 Å². The number of rotatable bonds is 2. The Hall–Kier alpha value is -0.820. The minimum Gasteiger partial charge on any atom is -0.317 e. The summed E-state index contributed by atoms with van der Waals surface area (Å²) in [6.07, 6.45) is 3.84. The van der Waals surface area contributed by atoms with Crippen molar-refractivity contribution >= 4 is 0 Å². The van der Waals surface area contributed by atoms with Crippen LogP contribution in [-0.4, -0.2) is 13.1 Å². The predicted molar refractivity (Wildman–Crippen MR) is 65.2 cm³/mol. The number of nitrogens with one attached hydrogen (secondary N) is 1. The second-order valence-electron chi connectivity index (χ2n) is 4.79. The van der Waals surface area contributed by atoms with Crippen molar-refractivity contribution in [3.63, 3.8) is 0 Å². The zero-order valence-corrected chi connectivity index (χ0v) is 10.0. The predicted octanol–water partition coefficient (Wildman–Crippen LogP) is 2.71. The standard InChI is InChI=1S/C14H21N/c1-10-5-4-6-12-7-8-13(9-14(10)12)11(2)15-3/h4-6,11,13,15H,7-9H2,1-3H3. The van der Waals surface area contributed by atoms with Crippen molar-refractivity contribution in [1.29, 1.82) is 0 Å². The number of fused-ring (bicyclic) bond motifs is 1. The van der Waals surface area contributed by atoms with Crippen LogP contribution in [0, 0.1) is 12.8 Å². The number of aryl methyl sites for hydroxylation is 2. The van der Waals surface area contributed by atoms with Gasteiger partial charge in [-0.3, -0.25) is 0 Å². The van der Waals surface area contributed by atoms with Gasteiger partial charge in [0.1, 0.15) is 0 Å². The highest BCUT2D eigenvalue weighted by molar-refractivity contribution is 5.36. The van der Waals surface area contributed by atoms with E-state index < -0.39 is 0 Å². The van der Waals surface area contributed by atoms with Crippen molar-refractivity contribution in [2.75, 3.05) is 7.05 Å². The van der Waals surface area contributed by atoms with Gasteiger partial charge in [0.15, 0.2) is 0 Å². The third-order valence-electron chi connectivity index (χ3n) is 3.92. The Morgan fingerprint density at radius 1 is 1.40 bits per heavy atom. The topological polar surface area (TPSA) is 12.0 Å². The lowest BCUT2D eigenvalue weighted by molar-refractivity contribution is 0.354. The Labute approximate surface area is 92.9 Å². The van der Waals surface area contributed by atoms with Gasteiger partial charge >= 0.3 is 0 Å². The van der Waals surface area contributed by atoms with Gasteiger partial charge in [-0.15, -0.1) is 0 Å². The molecule has 0 saturated carbocycles. The molecule has 0 aliphatic heterocycles. The van der Waals surface area contributed by atoms with Crippen LogP contribution in [0.4, 0.5) is 0 Å². The molecule has 0 saturated heterocycles. The molecular formula is C14H21N. The van der Waals surface area contributed by atoms with E-state index in [1.807, 2.05) is 0 Å². The normalized spacial score (nSPS) is 22.2. The molecular weight excluding hydrogens is 182 g/mol. The van der Waals surface area contributed by atoms with Gasteiger partial charge in [-0.05, 0) is 62.8 Å². The van der Waals surface area contributed by atoms with Crippen LogP contribution in [0.25, 0.3) is 0 Å².